The van der Waals surface area contributed by atoms with E-state index in [9.17, 15) is 18.0 Å². The van der Waals surface area contributed by atoms with Crippen molar-refractivity contribution in [1.82, 2.24) is 24.8 Å². The van der Waals surface area contributed by atoms with Gasteiger partial charge >= 0.3 is 6.18 Å². The summed E-state index contributed by atoms with van der Waals surface area (Å²) in [5.74, 6) is 0.905. The van der Waals surface area contributed by atoms with E-state index in [4.69, 9.17) is 0 Å². The molecule has 0 aliphatic carbocycles. The van der Waals surface area contributed by atoms with Crippen molar-refractivity contribution in [1.29, 1.82) is 0 Å². The summed E-state index contributed by atoms with van der Waals surface area (Å²) < 4.78 is 39.2. The summed E-state index contributed by atoms with van der Waals surface area (Å²) in [7, 11) is 0. The second-order valence-electron chi connectivity index (χ2n) is 8.32. The lowest BCUT2D eigenvalue weighted by Gasteiger charge is -2.34. The molecule has 1 atom stereocenters. The van der Waals surface area contributed by atoms with Gasteiger partial charge < -0.3 is 20.1 Å². The molecule has 1 fully saturated rings. The first-order valence-electron chi connectivity index (χ1n) is 11.4. The zero-order valence-electron chi connectivity index (χ0n) is 19.2. The molecule has 182 valence electrons. The van der Waals surface area contributed by atoms with Crippen molar-refractivity contribution < 1.29 is 18.0 Å². The Hall–Kier alpha value is -3.37. The predicted molar refractivity (Wildman–Crippen MR) is 123 cm³/mol. The van der Waals surface area contributed by atoms with Crippen molar-refractivity contribution in [2.45, 2.75) is 39.4 Å². The van der Waals surface area contributed by atoms with E-state index in [2.05, 4.69) is 25.3 Å². The molecule has 34 heavy (non-hydrogen) atoms. The number of fused-ring (bicyclic) bond motifs is 1. The first kappa shape index (κ1) is 23.8. The van der Waals surface area contributed by atoms with E-state index in [1.807, 2.05) is 23.6 Å². The third-order valence-electron chi connectivity index (χ3n) is 6.12. The van der Waals surface area contributed by atoms with Gasteiger partial charge in [-0.15, -0.1) is 0 Å². The zero-order valence-corrected chi connectivity index (χ0v) is 19.2. The van der Waals surface area contributed by atoms with Crippen LogP contribution in [0.2, 0.25) is 0 Å². The molecule has 1 amide bonds. The van der Waals surface area contributed by atoms with Gasteiger partial charge in [0.1, 0.15) is 5.52 Å². The quantitative estimate of drug-likeness (QED) is 0.536. The zero-order chi connectivity index (χ0) is 24.3. The summed E-state index contributed by atoms with van der Waals surface area (Å²) in [6, 6.07) is 5.18. The molecule has 3 heterocycles. The van der Waals surface area contributed by atoms with Gasteiger partial charge in [0.15, 0.2) is 11.5 Å². The van der Waals surface area contributed by atoms with Crippen LogP contribution in [0, 0.1) is 5.92 Å². The van der Waals surface area contributed by atoms with Crippen LogP contribution in [0.3, 0.4) is 0 Å². The van der Waals surface area contributed by atoms with Crippen molar-refractivity contribution >= 4 is 28.8 Å². The number of amides is 1. The molecule has 0 radical (unpaired) electrons. The molecular weight excluding hydrogens is 447 g/mol. The van der Waals surface area contributed by atoms with Crippen molar-refractivity contribution in [3.8, 4) is 0 Å². The molecule has 11 heteroatoms. The largest absolute Gasteiger partial charge is 0.416 e. The lowest BCUT2D eigenvalue weighted by atomic mass is 9.96. The highest BCUT2D eigenvalue weighted by Crippen LogP contribution is 2.30. The highest BCUT2D eigenvalue weighted by molar-refractivity contribution is 5.84. The number of piperidine rings is 1. The average Bonchev–Trinajstić information content (AvgIpc) is 3.32. The van der Waals surface area contributed by atoms with Crippen LogP contribution in [0.5, 0.6) is 0 Å². The first-order valence-corrected chi connectivity index (χ1v) is 11.4. The standard InChI is InChI=1S/C23H28F3N7O/c1-3-32(4-2)21(34)16-8-6-10-33(13-16)22-30-19(18-20(31-22)29-14-28-18)27-12-15-7-5-9-17(11-15)23(24,25)26/h5,7,9,11,14,16H,3-4,6,8,10,12-13H2,1-2H3,(H2,27,28,29,30,31). The number of carbonyl (C=O) groups excluding carboxylic acids is 1. The molecule has 1 aromatic carbocycles. The third kappa shape index (κ3) is 5.07. The molecule has 0 saturated carbocycles. The van der Waals surface area contributed by atoms with Crippen LogP contribution in [0.4, 0.5) is 24.9 Å². The number of aromatic nitrogens is 4. The molecule has 2 N–H and O–H groups in total. The molecule has 4 rings (SSSR count). The number of anilines is 2. The van der Waals surface area contributed by atoms with E-state index >= 15 is 0 Å². The molecule has 0 spiro atoms. The normalized spacial score (nSPS) is 16.6. The number of H-pyrrole nitrogens is 1. The van der Waals surface area contributed by atoms with Crippen LogP contribution < -0.4 is 10.2 Å². The number of rotatable bonds is 7. The van der Waals surface area contributed by atoms with Gasteiger partial charge in [0.25, 0.3) is 0 Å². The van der Waals surface area contributed by atoms with Crippen LogP contribution in [0.1, 0.15) is 37.8 Å². The highest BCUT2D eigenvalue weighted by Gasteiger charge is 2.31. The number of halogens is 3. The number of hydrogen-bond acceptors (Lipinski definition) is 6. The number of benzene rings is 1. The SMILES string of the molecule is CCN(CC)C(=O)C1CCCN(c2nc(NCc3cccc(C(F)(F)F)c3)c3[nH]cnc3n2)C1. The second kappa shape index (κ2) is 9.86. The number of nitrogens with zero attached hydrogens (tertiary/aromatic N) is 5. The molecule has 1 unspecified atom stereocenters. The van der Waals surface area contributed by atoms with Crippen molar-refractivity contribution in [3.05, 3.63) is 41.7 Å². The van der Waals surface area contributed by atoms with E-state index in [0.717, 1.165) is 25.0 Å². The van der Waals surface area contributed by atoms with Crippen LogP contribution in [-0.4, -0.2) is 56.9 Å². The van der Waals surface area contributed by atoms with Gasteiger partial charge in [0.05, 0.1) is 17.8 Å². The lowest BCUT2D eigenvalue weighted by Crippen LogP contribution is -2.45. The van der Waals surface area contributed by atoms with Gasteiger partial charge in [-0.25, -0.2) is 4.98 Å². The van der Waals surface area contributed by atoms with Crippen molar-refractivity contribution in [2.75, 3.05) is 36.4 Å². The minimum absolute atomic E-state index is 0.131. The fraction of sp³-hybridized carbons (Fsp3) is 0.478. The van der Waals surface area contributed by atoms with Gasteiger partial charge in [-0.05, 0) is 44.4 Å². The maximum atomic E-state index is 13.1. The van der Waals surface area contributed by atoms with Gasteiger partial charge in [-0.3, -0.25) is 4.79 Å². The van der Waals surface area contributed by atoms with Crippen LogP contribution in [-0.2, 0) is 17.5 Å². The lowest BCUT2D eigenvalue weighted by molar-refractivity contribution is -0.137. The molecule has 1 saturated heterocycles. The van der Waals surface area contributed by atoms with E-state index < -0.39 is 11.7 Å². The predicted octanol–water partition coefficient (Wildman–Crippen LogP) is 4.07. The van der Waals surface area contributed by atoms with Crippen LogP contribution in [0.25, 0.3) is 11.2 Å². The summed E-state index contributed by atoms with van der Waals surface area (Å²) >= 11 is 0. The number of carbonyl (C=O) groups is 1. The number of hydrogen-bond donors (Lipinski definition) is 2. The Morgan fingerprint density at radius 3 is 2.79 bits per heavy atom. The fourth-order valence-electron chi connectivity index (χ4n) is 4.29. The molecule has 1 aliphatic heterocycles. The first-order chi connectivity index (χ1) is 16.3. The Bertz CT molecular complexity index is 1140. The van der Waals surface area contributed by atoms with Gasteiger partial charge in [0, 0.05) is 32.7 Å². The number of aromatic amines is 1. The maximum absolute atomic E-state index is 13.1. The number of imidazole rings is 1. The van der Waals surface area contributed by atoms with E-state index in [1.165, 1.54) is 12.4 Å². The topological polar surface area (TPSA) is 90.0 Å². The Morgan fingerprint density at radius 1 is 1.26 bits per heavy atom. The summed E-state index contributed by atoms with van der Waals surface area (Å²) in [6.07, 6.45) is -1.24. The van der Waals surface area contributed by atoms with Gasteiger partial charge in [-0.2, -0.15) is 23.1 Å². The van der Waals surface area contributed by atoms with Gasteiger partial charge in [-0.1, -0.05) is 12.1 Å². The Balaban J connectivity index is 1.55. The molecule has 2 aromatic heterocycles. The molecule has 0 bridgehead atoms. The monoisotopic (exact) mass is 475 g/mol. The Kier molecular flexibility index (Phi) is 6.90. The number of alkyl halides is 3. The Labute approximate surface area is 195 Å². The average molecular weight is 476 g/mol. The van der Waals surface area contributed by atoms with Crippen molar-refractivity contribution in [3.63, 3.8) is 0 Å². The maximum Gasteiger partial charge on any atom is 0.416 e. The number of nitrogens with one attached hydrogen (secondary N) is 2. The highest BCUT2D eigenvalue weighted by atomic mass is 19.4. The summed E-state index contributed by atoms with van der Waals surface area (Å²) in [5, 5.41) is 3.13. The minimum Gasteiger partial charge on any atom is -0.364 e. The molecular formula is C23H28F3N7O. The fourth-order valence-corrected chi connectivity index (χ4v) is 4.29. The summed E-state index contributed by atoms with van der Waals surface area (Å²) in [4.78, 5) is 33.2. The minimum atomic E-state index is -4.40. The van der Waals surface area contributed by atoms with Crippen LogP contribution in [0.15, 0.2) is 30.6 Å². The van der Waals surface area contributed by atoms with Crippen molar-refractivity contribution in [2.24, 2.45) is 5.92 Å². The van der Waals surface area contributed by atoms with Gasteiger partial charge in [0.2, 0.25) is 11.9 Å². The molecule has 8 nitrogen and oxygen atoms in total. The van der Waals surface area contributed by atoms with E-state index in [0.29, 0.717) is 54.7 Å². The third-order valence-corrected chi connectivity index (χ3v) is 6.12. The second-order valence-corrected chi connectivity index (χ2v) is 8.32. The Morgan fingerprint density at radius 2 is 2.06 bits per heavy atom. The molecule has 1 aliphatic rings. The summed E-state index contributed by atoms with van der Waals surface area (Å²) in [6.45, 7) is 6.66. The molecule has 3 aromatic rings. The van der Waals surface area contributed by atoms with E-state index in [1.54, 1.807) is 6.07 Å². The smallest absolute Gasteiger partial charge is 0.364 e. The van der Waals surface area contributed by atoms with Crippen LogP contribution >= 0.6 is 0 Å². The van der Waals surface area contributed by atoms with E-state index in [-0.39, 0.29) is 18.4 Å². The summed E-state index contributed by atoms with van der Waals surface area (Å²) in [5.41, 5.74) is 0.807.